The molecule has 1 saturated carbocycles. The largest absolute Gasteiger partial charge is 0.342 e. The summed E-state index contributed by atoms with van der Waals surface area (Å²) >= 11 is 0. The normalized spacial score (nSPS) is 34.9. The smallest absolute Gasteiger partial charge is 0.222 e. The Hall–Kier alpha value is -0.570. The molecule has 2 rings (SSSR count). The fourth-order valence-corrected chi connectivity index (χ4v) is 2.99. The first kappa shape index (κ1) is 10.9. The Kier molecular flexibility index (Phi) is 3.01. The van der Waals surface area contributed by atoms with Crippen molar-refractivity contribution < 1.29 is 4.79 Å². The molecule has 2 N–H and O–H groups in total. The van der Waals surface area contributed by atoms with E-state index in [1.165, 1.54) is 6.42 Å². The molecule has 3 atom stereocenters. The van der Waals surface area contributed by atoms with Crippen molar-refractivity contribution in [2.24, 2.45) is 23.5 Å². The number of likely N-dealkylation sites (tertiary alicyclic amines) is 1. The molecule has 2 aliphatic rings. The molecule has 0 spiro atoms. The molecule has 2 fully saturated rings. The van der Waals surface area contributed by atoms with Gasteiger partial charge in [0.1, 0.15) is 0 Å². The molecule has 0 radical (unpaired) electrons. The lowest BCUT2D eigenvalue weighted by Gasteiger charge is -2.19. The lowest BCUT2D eigenvalue weighted by atomic mass is 9.98. The van der Waals surface area contributed by atoms with Crippen LogP contribution in [0.5, 0.6) is 0 Å². The molecule has 1 aliphatic heterocycles. The van der Waals surface area contributed by atoms with Gasteiger partial charge in [-0.25, -0.2) is 0 Å². The summed E-state index contributed by atoms with van der Waals surface area (Å²) in [5.74, 6) is 2.07. The second kappa shape index (κ2) is 4.12. The van der Waals surface area contributed by atoms with Crippen LogP contribution in [0, 0.1) is 17.8 Å². The van der Waals surface area contributed by atoms with Gasteiger partial charge >= 0.3 is 0 Å². The lowest BCUT2D eigenvalue weighted by Crippen LogP contribution is -2.33. The van der Waals surface area contributed by atoms with Crippen LogP contribution in [0.15, 0.2) is 0 Å². The van der Waals surface area contributed by atoms with Crippen LogP contribution in [0.25, 0.3) is 0 Å². The van der Waals surface area contributed by atoms with Crippen LogP contribution >= 0.6 is 0 Å². The maximum atomic E-state index is 11.9. The third-order valence-corrected chi connectivity index (χ3v) is 3.85. The quantitative estimate of drug-likeness (QED) is 0.745. The third kappa shape index (κ3) is 2.17. The van der Waals surface area contributed by atoms with E-state index in [-0.39, 0.29) is 0 Å². The second-order valence-electron chi connectivity index (χ2n) is 5.56. The highest BCUT2D eigenvalue weighted by molar-refractivity contribution is 5.76. The molecule has 3 unspecified atom stereocenters. The fraction of sp³-hybridized carbons (Fsp3) is 0.917. The van der Waals surface area contributed by atoms with E-state index in [0.717, 1.165) is 19.5 Å². The van der Waals surface area contributed by atoms with Gasteiger partial charge in [0, 0.05) is 25.6 Å². The minimum Gasteiger partial charge on any atom is -0.342 e. The summed E-state index contributed by atoms with van der Waals surface area (Å²) in [6.45, 7) is 6.07. The van der Waals surface area contributed by atoms with Crippen molar-refractivity contribution in [1.29, 1.82) is 0 Å². The number of hydrogen-bond donors (Lipinski definition) is 1. The molecule has 3 heteroatoms. The number of amides is 1. The van der Waals surface area contributed by atoms with Gasteiger partial charge in [0.25, 0.3) is 0 Å². The molecular formula is C12H22N2O. The van der Waals surface area contributed by atoms with E-state index < -0.39 is 0 Å². The highest BCUT2D eigenvalue weighted by Gasteiger charge is 2.42. The van der Waals surface area contributed by atoms with Crippen molar-refractivity contribution in [3.8, 4) is 0 Å². The van der Waals surface area contributed by atoms with E-state index in [2.05, 4.69) is 13.8 Å². The topological polar surface area (TPSA) is 46.3 Å². The fourth-order valence-electron chi connectivity index (χ4n) is 2.99. The predicted octanol–water partition coefficient (Wildman–Crippen LogP) is 1.23. The standard InChI is InChI=1S/C12H22N2O/c1-8(2)5-12(15)14-6-9-3-4-11(13)10(9)7-14/h8-11H,3-7,13H2,1-2H3. The number of nitrogens with two attached hydrogens (primary N) is 1. The Morgan fingerprint density at radius 1 is 1.40 bits per heavy atom. The van der Waals surface area contributed by atoms with Crippen molar-refractivity contribution in [2.45, 2.75) is 39.2 Å². The molecule has 1 amide bonds. The molecule has 0 aromatic rings. The number of nitrogens with zero attached hydrogens (tertiary/aromatic N) is 1. The van der Waals surface area contributed by atoms with E-state index in [4.69, 9.17) is 5.73 Å². The second-order valence-corrected chi connectivity index (χ2v) is 5.56. The number of fused-ring (bicyclic) bond motifs is 1. The van der Waals surface area contributed by atoms with Gasteiger partial charge in [-0.2, -0.15) is 0 Å². The summed E-state index contributed by atoms with van der Waals surface area (Å²) in [4.78, 5) is 13.9. The first-order valence-corrected chi connectivity index (χ1v) is 6.11. The van der Waals surface area contributed by atoms with Gasteiger partial charge in [-0.3, -0.25) is 4.79 Å². The highest BCUT2D eigenvalue weighted by Crippen LogP contribution is 2.37. The summed E-state index contributed by atoms with van der Waals surface area (Å²) < 4.78 is 0. The first-order valence-electron chi connectivity index (χ1n) is 6.11. The van der Waals surface area contributed by atoms with Crippen LogP contribution in [0.2, 0.25) is 0 Å². The van der Waals surface area contributed by atoms with Crippen LogP contribution in [0.4, 0.5) is 0 Å². The van der Waals surface area contributed by atoms with E-state index in [9.17, 15) is 4.79 Å². The van der Waals surface area contributed by atoms with E-state index >= 15 is 0 Å². The van der Waals surface area contributed by atoms with Gasteiger partial charge < -0.3 is 10.6 Å². The van der Waals surface area contributed by atoms with Gasteiger partial charge in [-0.1, -0.05) is 13.8 Å². The minimum atomic E-state index is 0.326. The lowest BCUT2D eigenvalue weighted by molar-refractivity contribution is -0.131. The Labute approximate surface area is 92.0 Å². The number of rotatable bonds is 2. The molecule has 15 heavy (non-hydrogen) atoms. The molecule has 1 heterocycles. The zero-order valence-electron chi connectivity index (χ0n) is 9.78. The molecular weight excluding hydrogens is 188 g/mol. The molecule has 1 aliphatic carbocycles. The van der Waals surface area contributed by atoms with Gasteiger partial charge in [0.15, 0.2) is 0 Å². The zero-order valence-corrected chi connectivity index (χ0v) is 9.78. The van der Waals surface area contributed by atoms with Crippen molar-refractivity contribution in [3.05, 3.63) is 0 Å². The summed E-state index contributed by atoms with van der Waals surface area (Å²) in [6, 6.07) is 0.340. The molecule has 0 aromatic carbocycles. The van der Waals surface area contributed by atoms with E-state index in [1.54, 1.807) is 0 Å². The van der Waals surface area contributed by atoms with Gasteiger partial charge in [-0.05, 0) is 30.6 Å². The van der Waals surface area contributed by atoms with Gasteiger partial charge in [0.2, 0.25) is 5.91 Å². The van der Waals surface area contributed by atoms with Crippen molar-refractivity contribution >= 4 is 5.91 Å². The molecule has 0 aromatic heterocycles. The average Bonchev–Trinajstić information content (AvgIpc) is 2.67. The molecule has 86 valence electrons. The molecule has 1 saturated heterocycles. The average molecular weight is 210 g/mol. The third-order valence-electron chi connectivity index (χ3n) is 3.85. The van der Waals surface area contributed by atoms with Gasteiger partial charge in [0.05, 0.1) is 0 Å². The number of carbonyl (C=O) groups is 1. The zero-order chi connectivity index (χ0) is 11.0. The van der Waals surface area contributed by atoms with E-state index in [0.29, 0.717) is 36.1 Å². The summed E-state index contributed by atoms with van der Waals surface area (Å²) in [7, 11) is 0. The summed E-state index contributed by atoms with van der Waals surface area (Å²) in [6.07, 6.45) is 3.06. The number of hydrogen-bond acceptors (Lipinski definition) is 2. The van der Waals surface area contributed by atoms with Crippen molar-refractivity contribution in [1.82, 2.24) is 4.90 Å². The maximum Gasteiger partial charge on any atom is 0.222 e. The Morgan fingerprint density at radius 2 is 2.13 bits per heavy atom. The molecule has 3 nitrogen and oxygen atoms in total. The van der Waals surface area contributed by atoms with Crippen LogP contribution in [0.3, 0.4) is 0 Å². The van der Waals surface area contributed by atoms with Crippen LogP contribution in [0.1, 0.15) is 33.1 Å². The minimum absolute atomic E-state index is 0.326. The Morgan fingerprint density at radius 3 is 2.73 bits per heavy atom. The molecule has 0 bridgehead atoms. The summed E-state index contributed by atoms with van der Waals surface area (Å²) in [5.41, 5.74) is 6.05. The van der Waals surface area contributed by atoms with Crippen LogP contribution < -0.4 is 5.73 Å². The van der Waals surface area contributed by atoms with Crippen LogP contribution in [-0.4, -0.2) is 29.9 Å². The predicted molar refractivity (Wildman–Crippen MR) is 60.2 cm³/mol. The summed E-state index contributed by atoms with van der Waals surface area (Å²) in [5, 5.41) is 0. The SMILES string of the molecule is CC(C)CC(=O)N1CC2CCC(N)C2C1. The van der Waals surface area contributed by atoms with Gasteiger partial charge in [-0.15, -0.1) is 0 Å². The van der Waals surface area contributed by atoms with Crippen molar-refractivity contribution in [3.63, 3.8) is 0 Å². The highest BCUT2D eigenvalue weighted by atomic mass is 16.2. The van der Waals surface area contributed by atoms with Crippen molar-refractivity contribution in [2.75, 3.05) is 13.1 Å². The number of carbonyl (C=O) groups excluding carboxylic acids is 1. The maximum absolute atomic E-state index is 11.9. The Balaban J connectivity index is 1.90. The van der Waals surface area contributed by atoms with Crippen LogP contribution in [-0.2, 0) is 4.79 Å². The first-order chi connectivity index (χ1) is 7.08. The van der Waals surface area contributed by atoms with E-state index in [1.807, 2.05) is 4.90 Å². The monoisotopic (exact) mass is 210 g/mol. The Bertz CT molecular complexity index is 252.